The summed E-state index contributed by atoms with van der Waals surface area (Å²) in [6.07, 6.45) is 2.19. The summed E-state index contributed by atoms with van der Waals surface area (Å²) < 4.78 is 4.70. The fourth-order valence-corrected chi connectivity index (χ4v) is 5.15. The fraction of sp³-hybridized carbons (Fsp3) is 0. The van der Waals surface area contributed by atoms with Gasteiger partial charge in [-0.3, -0.25) is 0 Å². The van der Waals surface area contributed by atoms with Gasteiger partial charge >= 0.3 is 0 Å². The van der Waals surface area contributed by atoms with Crippen molar-refractivity contribution in [1.29, 1.82) is 0 Å². The molecule has 150 valence electrons. The van der Waals surface area contributed by atoms with Crippen LogP contribution in [0.5, 0.6) is 0 Å². The molecule has 32 heavy (non-hydrogen) atoms. The molecule has 7 aromatic rings. The summed E-state index contributed by atoms with van der Waals surface area (Å²) in [4.78, 5) is 0. The molecule has 0 spiro atoms. The summed E-state index contributed by atoms with van der Waals surface area (Å²) in [5, 5.41) is 6.41. The second-order valence-corrected chi connectivity index (χ2v) is 8.27. The van der Waals surface area contributed by atoms with E-state index in [-0.39, 0.29) is 0 Å². The Balaban J connectivity index is 1.70. The maximum atomic E-state index is 2.42. The van der Waals surface area contributed by atoms with Gasteiger partial charge in [0.1, 0.15) is 0 Å². The lowest BCUT2D eigenvalue weighted by Gasteiger charge is -2.11. The van der Waals surface area contributed by atoms with Gasteiger partial charge in [0.2, 0.25) is 0 Å². The molecule has 0 saturated heterocycles. The van der Waals surface area contributed by atoms with Gasteiger partial charge in [-0.25, -0.2) is 0 Å². The van der Waals surface area contributed by atoms with Crippen LogP contribution in [0.3, 0.4) is 0 Å². The summed E-state index contributed by atoms with van der Waals surface area (Å²) in [6, 6.07) is 41.3. The lowest BCUT2D eigenvalue weighted by Crippen LogP contribution is -1.94. The highest BCUT2D eigenvalue weighted by Gasteiger charge is 2.17. The van der Waals surface area contributed by atoms with Gasteiger partial charge in [0.25, 0.3) is 0 Å². The van der Waals surface area contributed by atoms with Crippen molar-refractivity contribution in [1.82, 2.24) is 9.13 Å². The van der Waals surface area contributed by atoms with Crippen molar-refractivity contribution in [2.45, 2.75) is 0 Å². The first-order valence-corrected chi connectivity index (χ1v) is 11.0. The third kappa shape index (κ3) is 2.35. The molecular formula is C30H20N2. The van der Waals surface area contributed by atoms with Gasteiger partial charge in [0.15, 0.2) is 0 Å². The van der Waals surface area contributed by atoms with Gasteiger partial charge in [0, 0.05) is 39.1 Å². The first kappa shape index (κ1) is 17.4. The Labute approximate surface area is 185 Å². The number of para-hydroxylation sites is 3. The summed E-state index contributed by atoms with van der Waals surface area (Å²) in [5.74, 6) is 0. The van der Waals surface area contributed by atoms with Crippen LogP contribution in [-0.2, 0) is 0 Å². The highest BCUT2D eigenvalue weighted by Crippen LogP contribution is 2.39. The third-order valence-corrected chi connectivity index (χ3v) is 6.53. The average Bonchev–Trinajstić information content (AvgIpc) is 3.44. The Morgan fingerprint density at radius 2 is 1.12 bits per heavy atom. The Bertz CT molecular complexity index is 1750. The van der Waals surface area contributed by atoms with Crippen LogP contribution < -0.4 is 0 Å². The number of aromatic nitrogens is 2. The van der Waals surface area contributed by atoms with Crippen molar-refractivity contribution in [2.75, 3.05) is 0 Å². The fourth-order valence-electron chi connectivity index (χ4n) is 5.15. The minimum Gasteiger partial charge on any atom is -0.317 e. The Morgan fingerprint density at radius 3 is 1.94 bits per heavy atom. The van der Waals surface area contributed by atoms with Gasteiger partial charge in [0.05, 0.1) is 16.6 Å². The highest BCUT2D eigenvalue weighted by molar-refractivity contribution is 6.25. The summed E-state index contributed by atoms with van der Waals surface area (Å²) >= 11 is 0. The SMILES string of the molecule is c1ccc(-n2ccc3c4c(ccc5c6ccccc6n(-c6ccccc6)c54)ccc32)cc1. The first-order chi connectivity index (χ1) is 15.9. The average molecular weight is 409 g/mol. The summed E-state index contributed by atoms with van der Waals surface area (Å²) in [5.41, 5.74) is 6.09. The van der Waals surface area contributed by atoms with Gasteiger partial charge in [-0.15, -0.1) is 0 Å². The Kier molecular flexibility index (Phi) is 3.58. The number of rotatable bonds is 2. The number of nitrogens with zero attached hydrogens (tertiary/aromatic N) is 2. The molecule has 2 heterocycles. The Morgan fingerprint density at radius 1 is 0.438 bits per heavy atom. The lowest BCUT2D eigenvalue weighted by atomic mass is 10.0. The number of fused-ring (bicyclic) bond motifs is 7. The molecule has 0 aliphatic rings. The number of hydrogen-bond donors (Lipinski definition) is 0. The van der Waals surface area contributed by atoms with E-state index in [2.05, 4.69) is 131 Å². The molecular weight excluding hydrogens is 388 g/mol. The van der Waals surface area contributed by atoms with E-state index in [4.69, 9.17) is 0 Å². The van der Waals surface area contributed by atoms with Gasteiger partial charge in [-0.1, -0.05) is 72.8 Å². The molecule has 0 N–H and O–H groups in total. The van der Waals surface area contributed by atoms with Gasteiger partial charge in [-0.2, -0.15) is 0 Å². The van der Waals surface area contributed by atoms with E-state index in [9.17, 15) is 0 Å². The van der Waals surface area contributed by atoms with Crippen molar-refractivity contribution >= 4 is 43.5 Å². The number of hydrogen-bond acceptors (Lipinski definition) is 0. The zero-order valence-corrected chi connectivity index (χ0v) is 17.4. The molecule has 0 radical (unpaired) electrons. The van der Waals surface area contributed by atoms with Crippen molar-refractivity contribution < 1.29 is 0 Å². The maximum absolute atomic E-state index is 2.42. The lowest BCUT2D eigenvalue weighted by molar-refractivity contribution is 1.13. The van der Waals surface area contributed by atoms with Gasteiger partial charge < -0.3 is 9.13 Å². The van der Waals surface area contributed by atoms with Crippen LogP contribution in [0.15, 0.2) is 121 Å². The minimum atomic E-state index is 1.18. The van der Waals surface area contributed by atoms with Crippen LogP contribution >= 0.6 is 0 Å². The monoisotopic (exact) mass is 408 g/mol. The van der Waals surface area contributed by atoms with Crippen LogP contribution in [0.25, 0.3) is 54.9 Å². The second-order valence-electron chi connectivity index (χ2n) is 8.27. The highest BCUT2D eigenvalue weighted by atomic mass is 15.0. The molecule has 0 amide bonds. The van der Waals surface area contributed by atoms with E-state index >= 15 is 0 Å². The number of benzene rings is 5. The van der Waals surface area contributed by atoms with Crippen molar-refractivity contribution in [3.8, 4) is 11.4 Å². The molecule has 0 aliphatic carbocycles. The zero-order valence-electron chi connectivity index (χ0n) is 17.4. The molecule has 5 aromatic carbocycles. The third-order valence-electron chi connectivity index (χ3n) is 6.53. The van der Waals surface area contributed by atoms with E-state index in [1.54, 1.807) is 0 Å². The largest absolute Gasteiger partial charge is 0.317 e. The molecule has 0 atom stereocenters. The van der Waals surface area contributed by atoms with Crippen molar-refractivity contribution in [3.05, 3.63) is 121 Å². The molecule has 7 rings (SSSR count). The van der Waals surface area contributed by atoms with Crippen LogP contribution in [0, 0.1) is 0 Å². The van der Waals surface area contributed by atoms with E-state index in [0.29, 0.717) is 0 Å². The van der Waals surface area contributed by atoms with E-state index in [1.165, 1.54) is 54.9 Å². The Hall–Kier alpha value is -4.30. The van der Waals surface area contributed by atoms with Crippen LogP contribution in [0.2, 0.25) is 0 Å². The quantitative estimate of drug-likeness (QED) is 0.275. The first-order valence-electron chi connectivity index (χ1n) is 11.0. The van der Waals surface area contributed by atoms with Crippen LogP contribution in [0.1, 0.15) is 0 Å². The topological polar surface area (TPSA) is 9.86 Å². The zero-order chi connectivity index (χ0) is 21.1. The molecule has 0 fully saturated rings. The smallest absolute Gasteiger partial charge is 0.0626 e. The van der Waals surface area contributed by atoms with Crippen LogP contribution in [0.4, 0.5) is 0 Å². The molecule has 0 unspecified atom stereocenters. The van der Waals surface area contributed by atoms with Gasteiger partial charge in [-0.05, 0) is 47.9 Å². The molecule has 0 aliphatic heterocycles. The predicted molar refractivity (Wildman–Crippen MR) is 135 cm³/mol. The normalized spacial score (nSPS) is 11.8. The predicted octanol–water partition coefficient (Wildman–Crippen LogP) is 7.88. The maximum Gasteiger partial charge on any atom is 0.0626 e. The second kappa shape index (κ2) is 6.60. The molecule has 2 heteroatoms. The van der Waals surface area contributed by atoms with Crippen LogP contribution in [-0.4, -0.2) is 9.13 Å². The molecule has 0 bridgehead atoms. The standard InChI is InChI=1S/C30H20N2/c1-3-9-22(10-4-1)31-20-19-26-27(31)18-16-21-15-17-25-24-13-7-8-14-28(24)32(30(25)29(21)26)23-11-5-2-6-12-23/h1-20H. The summed E-state index contributed by atoms with van der Waals surface area (Å²) in [7, 11) is 0. The molecule has 2 aromatic heterocycles. The van der Waals surface area contributed by atoms with E-state index in [1.807, 2.05) is 0 Å². The van der Waals surface area contributed by atoms with E-state index < -0.39 is 0 Å². The molecule has 0 saturated carbocycles. The molecule has 2 nitrogen and oxygen atoms in total. The van der Waals surface area contributed by atoms with E-state index in [0.717, 1.165) is 0 Å². The summed E-state index contributed by atoms with van der Waals surface area (Å²) in [6.45, 7) is 0. The van der Waals surface area contributed by atoms with Crippen molar-refractivity contribution in [2.24, 2.45) is 0 Å². The van der Waals surface area contributed by atoms with Crippen molar-refractivity contribution in [3.63, 3.8) is 0 Å². The minimum absolute atomic E-state index is 1.18.